The van der Waals surface area contributed by atoms with E-state index >= 15 is 0 Å². The third kappa shape index (κ3) is 7.01. The molecule has 8 heteroatoms. The summed E-state index contributed by atoms with van der Waals surface area (Å²) in [5.74, 6) is -0.801. The van der Waals surface area contributed by atoms with Gasteiger partial charge in [0.15, 0.2) is 0 Å². The molecule has 7 nitrogen and oxygen atoms in total. The fourth-order valence-electron chi connectivity index (χ4n) is 3.79. The van der Waals surface area contributed by atoms with Crippen molar-refractivity contribution in [2.45, 2.75) is 45.4 Å². The predicted octanol–water partition coefficient (Wildman–Crippen LogP) is 5.11. The number of nitrogens with one attached hydrogen (secondary N) is 2. The minimum Gasteiger partial charge on any atom is -0.444 e. The van der Waals surface area contributed by atoms with E-state index in [1.165, 1.54) is 4.90 Å². The van der Waals surface area contributed by atoms with Crippen molar-refractivity contribution in [3.63, 3.8) is 0 Å². The summed E-state index contributed by atoms with van der Waals surface area (Å²) in [6.45, 7) is 7.16. The molecule has 0 aliphatic carbocycles. The molecule has 3 amide bonds. The van der Waals surface area contributed by atoms with E-state index in [4.69, 9.17) is 4.74 Å². The Balaban J connectivity index is 1.87. The van der Waals surface area contributed by atoms with Gasteiger partial charge in [-0.15, -0.1) is 0 Å². The molecule has 3 aromatic carbocycles. The fraction of sp³-hybridized carbons (Fsp3) is 0.321. The van der Waals surface area contributed by atoms with E-state index in [-0.39, 0.29) is 11.7 Å². The number of ether oxygens (including phenoxy) is 1. The van der Waals surface area contributed by atoms with Crippen LogP contribution in [0.15, 0.2) is 66.7 Å². The summed E-state index contributed by atoms with van der Waals surface area (Å²) in [6.07, 6.45) is -0.726. The van der Waals surface area contributed by atoms with Gasteiger partial charge < -0.3 is 20.3 Å². The molecule has 0 bridgehead atoms. The number of alkyl carbamates (subject to hydrolysis) is 1. The van der Waals surface area contributed by atoms with E-state index in [0.717, 1.165) is 16.3 Å². The Morgan fingerprint density at radius 1 is 0.972 bits per heavy atom. The quantitative estimate of drug-likeness (QED) is 0.388. The minimum atomic E-state index is -0.977. The Kier molecular flexibility index (Phi) is 8.63. The molecule has 2 unspecified atom stereocenters. The van der Waals surface area contributed by atoms with Crippen LogP contribution in [-0.2, 0) is 14.3 Å². The SMILES string of the molecule is Cc1ccc(C(C(=O)Nc2ccc3ccccc3c2)N(C)C(=O)C(CS)NC(=O)OC(C)(C)C)cc1. The van der Waals surface area contributed by atoms with Gasteiger partial charge in [0.2, 0.25) is 5.91 Å². The summed E-state index contributed by atoms with van der Waals surface area (Å²) >= 11 is 4.25. The van der Waals surface area contributed by atoms with Crippen molar-refractivity contribution in [1.29, 1.82) is 0 Å². The number of nitrogens with zero attached hydrogens (tertiary/aromatic N) is 1. The fourth-order valence-corrected chi connectivity index (χ4v) is 4.03. The second-order valence-corrected chi connectivity index (χ2v) is 10.1. The Hall–Kier alpha value is -3.52. The minimum absolute atomic E-state index is 0.0370. The van der Waals surface area contributed by atoms with Crippen molar-refractivity contribution < 1.29 is 19.1 Å². The number of amides is 3. The van der Waals surface area contributed by atoms with Crippen molar-refractivity contribution in [2.75, 3.05) is 18.1 Å². The highest BCUT2D eigenvalue weighted by Gasteiger charge is 2.33. The average molecular weight is 508 g/mol. The zero-order chi connectivity index (χ0) is 26.5. The van der Waals surface area contributed by atoms with E-state index in [1.54, 1.807) is 27.8 Å². The monoisotopic (exact) mass is 507 g/mol. The maximum atomic E-state index is 13.6. The zero-order valence-corrected chi connectivity index (χ0v) is 22.1. The highest BCUT2D eigenvalue weighted by atomic mass is 32.1. The van der Waals surface area contributed by atoms with Crippen molar-refractivity contribution in [2.24, 2.45) is 0 Å². The maximum Gasteiger partial charge on any atom is 0.408 e. The van der Waals surface area contributed by atoms with E-state index < -0.39 is 29.7 Å². The topological polar surface area (TPSA) is 87.7 Å². The molecule has 2 N–H and O–H groups in total. The van der Waals surface area contributed by atoms with Gasteiger partial charge in [0.25, 0.3) is 5.91 Å². The number of thiol groups is 1. The molecule has 36 heavy (non-hydrogen) atoms. The van der Waals surface area contributed by atoms with Crippen LogP contribution in [0, 0.1) is 6.92 Å². The molecule has 0 aliphatic rings. The van der Waals surface area contributed by atoms with Crippen LogP contribution in [0.3, 0.4) is 0 Å². The van der Waals surface area contributed by atoms with Crippen LogP contribution in [0.5, 0.6) is 0 Å². The van der Waals surface area contributed by atoms with Crippen LogP contribution in [0.1, 0.15) is 37.9 Å². The number of carbonyl (C=O) groups excluding carboxylic acids is 3. The molecule has 0 aromatic heterocycles. The lowest BCUT2D eigenvalue weighted by molar-refractivity contribution is -0.138. The number of hydrogen-bond acceptors (Lipinski definition) is 5. The van der Waals surface area contributed by atoms with E-state index in [1.807, 2.05) is 73.7 Å². The van der Waals surface area contributed by atoms with Crippen LogP contribution in [0.2, 0.25) is 0 Å². The molecule has 0 radical (unpaired) electrons. The number of anilines is 1. The highest BCUT2D eigenvalue weighted by Crippen LogP contribution is 2.25. The average Bonchev–Trinajstić information content (AvgIpc) is 2.82. The van der Waals surface area contributed by atoms with Crippen molar-refractivity contribution >= 4 is 47.0 Å². The van der Waals surface area contributed by atoms with Crippen LogP contribution in [0.4, 0.5) is 10.5 Å². The molecule has 2 atom stereocenters. The first-order valence-corrected chi connectivity index (χ1v) is 12.3. The number of likely N-dealkylation sites (N-methyl/N-ethyl adjacent to an activating group) is 1. The number of aryl methyl sites for hydroxylation is 1. The molecule has 3 rings (SSSR count). The third-order valence-corrected chi connectivity index (χ3v) is 5.93. The van der Waals surface area contributed by atoms with E-state index in [0.29, 0.717) is 11.3 Å². The molecule has 0 spiro atoms. The second kappa shape index (κ2) is 11.5. The van der Waals surface area contributed by atoms with Gasteiger partial charge in [-0.2, -0.15) is 12.6 Å². The lowest BCUT2D eigenvalue weighted by atomic mass is 10.0. The standard InChI is InChI=1S/C28H33N3O4S/c1-18-10-12-20(13-11-18)24(25(32)29-22-15-14-19-8-6-7-9-21(19)16-22)31(5)26(33)23(17-36)30-27(34)35-28(2,3)4/h6-16,23-24,36H,17H2,1-5H3,(H,29,32)(H,30,34). The lowest BCUT2D eigenvalue weighted by Crippen LogP contribution is -2.52. The van der Waals surface area contributed by atoms with Gasteiger partial charge in [0.05, 0.1) is 0 Å². The van der Waals surface area contributed by atoms with Gasteiger partial charge in [-0.25, -0.2) is 4.79 Å². The van der Waals surface area contributed by atoms with Gasteiger partial charge >= 0.3 is 6.09 Å². The molecule has 0 fully saturated rings. The first-order valence-electron chi connectivity index (χ1n) is 11.7. The number of hydrogen-bond donors (Lipinski definition) is 3. The predicted molar refractivity (Wildman–Crippen MR) is 146 cm³/mol. The van der Waals surface area contributed by atoms with E-state index in [9.17, 15) is 14.4 Å². The molecule has 0 saturated carbocycles. The summed E-state index contributed by atoms with van der Waals surface area (Å²) in [4.78, 5) is 40.6. The number of rotatable bonds is 7. The van der Waals surface area contributed by atoms with Gasteiger partial charge in [0, 0.05) is 18.5 Å². The highest BCUT2D eigenvalue weighted by molar-refractivity contribution is 7.80. The second-order valence-electron chi connectivity index (χ2n) is 9.69. The van der Waals surface area contributed by atoms with Gasteiger partial charge in [-0.1, -0.05) is 60.2 Å². The molecule has 0 saturated heterocycles. The van der Waals surface area contributed by atoms with Crippen LogP contribution >= 0.6 is 12.6 Å². The zero-order valence-electron chi connectivity index (χ0n) is 21.2. The number of benzene rings is 3. The Labute approximate surface area is 217 Å². The Bertz CT molecular complexity index is 1240. The van der Waals surface area contributed by atoms with Crippen LogP contribution < -0.4 is 10.6 Å². The van der Waals surface area contributed by atoms with Crippen molar-refractivity contribution in [3.8, 4) is 0 Å². The normalized spacial score (nSPS) is 12.9. The first-order chi connectivity index (χ1) is 17.0. The van der Waals surface area contributed by atoms with Gasteiger partial charge in [-0.3, -0.25) is 9.59 Å². The van der Waals surface area contributed by atoms with Crippen LogP contribution in [0.25, 0.3) is 10.8 Å². The largest absolute Gasteiger partial charge is 0.444 e. The summed E-state index contributed by atoms with van der Waals surface area (Å²) in [6, 6.07) is 19.0. The number of fused-ring (bicyclic) bond motifs is 1. The smallest absolute Gasteiger partial charge is 0.408 e. The lowest BCUT2D eigenvalue weighted by Gasteiger charge is -2.31. The van der Waals surface area contributed by atoms with Gasteiger partial charge in [0.1, 0.15) is 17.7 Å². The van der Waals surface area contributed by atoms with Crippen molar-refractivity contribution in [3.05, 3.63) is 77.9 Å². The van der Waals surface area contributed by atoms with Gasteiger partial charge in [-0.05, 0) is 56.2 Å². The Morgan fingerprint density at radius 2 is 1.61 bits per heavy atom. The summed E-state index contributed by atoms with van der Waals surface area (Å²) in [5.41, 5.74) is 1.57. The molecular weight excluding hydrogens is 474 g/mol. The molecular formula is C28H33N3O4S. The summed E-state index contributed by atoms with van der Waals surface area (Å²) < 4.78 is 5.29. The van der Waals surface area contributed by atoms with Crippen LogP contribution in [-0.4, -0.2) is 47.3 Å². The molecule has 0 aliphatic heterocycles. The maximum absolute atomic E-state index is 13.6. The van der Waals surface area contributed by atoms with E-state index in [2.05, 4.69) is 23.3 Å². The first kappa shape index (κ1) is 27.1. The Morgan fingerprint density at radius 3 is 2.22 bits per heavy atom. The molecule has 3 aromatic rings. The third-order valence-electron chi connectivity index (χ3n) is 5.57. The summed E-state index contributed by atoms with van der Waals surface area (Å²) in [7, 11) is 1.54. The molecule has 190 valence electrons. The van der Waals surface area contributed by atoms with Crippen molar-refractivity contribution in [1.82, 2.24) is 10.2 Å². The summed E-state index contributed by atoms with van der Waals surface area (Å²) in [5, 5.41) is 7.56. The molecule has 0 heterocycles. The number of carbonyl (C=O) groups is 3.